The zero-order valence-electron chi connectivity index (χ0n) is 18.1. The fourth-order valence-corrected chi connectivity index (χ4v) is 3.48. The highest BCUT2D eigenvalue weighted by Gasteiger charge is 2.21. The molecule has 2 aromatic rings. The van der Waals surface area contributed by atoms with Crippen molar-refractivity contribution in [3.8, 4) is 5.75 Å². The molecular weight excluding hydrogens is 397 g/mol. The molecule has 1 amide bonds. The molecule has 1 heterocycles. The first-order chi connectivity index (χ1) is 15.0. The van der Waals surface area contributed by atoms with E-state index in [1.165, 1.54) is 6.07 Å². The fourth-order valence-electron chi connectivity index (χ4n) is 3.48. The lowest BCUT2D eigenvalue weighted by atomic mass is 10.1. The van der Waals surface area contributed by atoms with E-state index in [2.05, 4.69) is 25.4 Å². The monoisotopic (exact) mass is 427 g/mol. The van der Waals surface area contributed by atoms with Crippen molar-refractivity contribution in [1.82, 2.24) is 15.5 Å². The van der Waals surface area contributed by atoms with E-state index in [4.69, 9.17) is 0 Å². The van der Waals surface area contributed by atoms with Crippen LogP contribution in [0, 0.1) is 12.7 Å². The Morgan fingerprint density at radius 3 is 2.55 bits per heavy atom. The van der Waals surface area contributed by atoms with Gasteiger partial charge in [-0.25, -0.2) is 4.39 Å². The van der Waals surface area contributed by atoms with Crippen molar-refractivity contribution in [2.45, 2.75) is 13.8 Å². The highest BCUT2D eigenvalue weighted by molar-refractivity contribution is 5.94. The molecule has 0 aromatic heterocycles. The Bertz CT molecular complexity index is 926. The molecule has 31 heavy (non-hydrogen) atoms. The van der Waals surface area contributed by atoms with E-state index >= 15 is 0 Å². The maximum atomic E-state index is 13.6. The van der Waals surface area contributed by atoms with E-state index < -0.39 is 0 Å². The molecule has 1 aliphatic heterocycles. The standard InChI is InChI=1S/C23H30FN5O2/c1-3-25-23(27-11-10-26-22(31)18-9-8-17(2)19(24)16-18)29-14-12-28(13-15-29)20-6-4-5-7-21(20)30/h4-9,16,30H,3,10-15H2,1-2H3,(H,25,27)(H,26,31). The molecule has 0 aliphatic carbocycles. The number of hydrogen-bond acceptors (Lipinski definition) is 4. The Morgan fingerprint density at radius 1 is 1.13 bits per heavy atom. The van der Waals surface area contributed by atoms with E-state index in [1.54, 1.807) is 25.1 Å². The summed E-state index contributed by atoms with van der Waals surface area (Å²) in [6.07, 6.45) is 0. The number of rotatable bonds is 6. The number of para-hydroxylation sites is 2. The molecule has 7 nitrogen and oxygen atoms in total. The lowest BCUT2D eigenvalue weighted by molar-refractivity contribution is 0.0954. The number of anilines is 1. The van der Waals surface area contributed by atoms with E-state index in [0.29, 0.717) is 30.0 Å². The van der Waals surface area contributed by atoms with Gasteiger partial charge < -0.3 is 25.5 Å². The van der Waals surface area contributed by atoms with E-state index in [0.717, 1.165) is 44.4 Å². The predicted octanol–water partition coefficient (Wildman–Crippen LogP) is 2.36. The zero-order chi connectivity index (χ0) is 22.2. The van der Waals surface area contributed by atoms with Gasteiger partial charge >= 0.3 is 0 Å². The van der Waals surface area contributed by atoms with Crippen LogP contribution in [0.2, 0.25) is 0 Å². The number of aryl methyl sites for hydroxylation is 1. The number of carbonyl (C=O) groups is 1. The average Bonchev–Trinajstić information content (AvgIpc) is 2.78. The molecule has 8 heteroatoms. The van der Waals surface area contributed by atoms with Crippen LogP contribution in [-0.4, -0.2) is 67.7 Å². The number of aromatic hydroxyl groups is 1. The molecule has 3 N–H and O–H groups in total. The van der Waals surface area contributed by atoms with Crippen molar-refractivity contribution in [3.05, 3.63) is 59.4 Å². The van der Waals surface area contributed by atoms with Crippen molar-refractivity contribution < 1.29 is 14.3 Å². The zero-order valence-corrected chi connectivity index (χ0v) is 18.1. The summed E-state index contributed by atoms with van der Waals surface area (Å²) in [7, 11) is 0. The summed E-state index contributed by atoms with van der Waals surface area (Å²) >= 11 is 0. The normalized spacial score (nSPS) is 14.5. The highest BCUT2D eigenvalue weighted by Crippen LogP contribution is 2.27. The summed E-state index contributed by atoms with van der Waals surface area (Å²) < 4.78 is 13.6. The first-order valence-electron chi connectivity index (χ1n) is 10.6. The lowest BCUT2D eigenvalue weighted by Crippen LogP contribution is -2.52. The molecular formula is C23H30FN5O2. The summed E-state index contributed by atoms with van der Waals surface area (Å²) in [4.78, 5) is 21.2. The second kappa shape index (κ2) is 10.7. The van der Waals surface area contributed by atoms with Gasteiger partial charge in [-0.1, -0.05) is 18.2 Å². The minimum Gasteiger partial charge on any atom is -0.506 e. The molecule has 2 aromatic carbocycles. The van der Waals surface area contributed by atoms with Crippen molar-refractivity contribution in [1.29, 1.82) is 0 Å². The molecule has 0 saturated carbocycles. The van der Waals surface area contributed by atoms with Gasteiger partial charge in [0.2, 0.25) is 0 Å². The molecule has 0 unspecified atom stereocenters. The summed E-state index contributed by atoms with van der Waals surface area (Å²) in [5, 5.41) is 16.2. The van der Waals surface area contributed by atoms with Crippen LogP contribution < -0.4 is 15.5 Å². The Labute approximate surface area is 182 Å². The quantitative estimate of drug-likeness (QED) is 0.375. The van der Waals surface area contributed by atoms with Gasteiger partial charge in [0.1, 0.15) is 11.6 Å². The maximum absolute atomic E-state index is 13.6. The van der Waals surface area contributed by atoms with Crippen LogP contribution in [0.3, 0.4) is 0 Å². The van der Waals surface area contributed by atoms with Crippen LogP contribution in [0.5, 0.6) is 5.75 Å². The summed E-state index contributed by atoms with van der Waals surface area (Å²) in [5.74, 6) is 0.397. The molecule has 1 saturated heterocycles. The Kier molecular flexibility index (Phi) is 7.70. The van der Waals surface area contributed by atoms with Gasteiger partial charge in [-0.2, -0.15) is 0 Å². The van der Waals surface area contributed by atoms with Crippen LogP contribution in [0.25, 0.3) is 0 Å². The third-order valence-corrected chi connectivity index (χ3v) is 5.23. The maximum Gasteiger partial charge on any atom is 0.251 e. The van der Waals surface area contributed by atoms with Crippen molar-refractivity contribution in [2.24, 2.45) is 4.99 Å². The molecule has 0 bridgehead atoms. The second-order valence-electron chi connectivity index (χ2n) is 7.42. The Balaban J connectivity index is 1.51. The molecule has 1 aliphatic rings. The number of hydrogen-bond donors (Lipinski definition) is 3. The van der Waals surface area contributed by atoms with Gasteiger partial charge in [-0.3, -0.25) is 9.79 Å². The van der Waals surface area contributed by atoms with E-state index in [1.807, 2.05) is 25.1 Å². The summed E-state index contributed by atoms with van der Waals surface area (Å²) in [6, 6.07) is 11.8. The Hall–Kier alpha value is -3.29. The number of phenols is 1. The number of amides is 1. The molecule has 0 spiro atoms. The average molecular weight is 428 g/mol. The number of halogens is 1. The largest absolute Gasteiger partial charge is 0.506 e. The molecule has 166 valence electrons. The second-order valence-corrected chi connectivity index (χ2v) is 7.42. The molecule has 0 radical (unpaired) electrons. The fraction of sp³-hybridized carbons (Fsp3) is 0.391. The smallest absolute Gasteiger partial charge is 0.251 e. The third kappa shape index (κ3) is 5.87. The minimum atomic E-state index is -0.386. The summed E-state index contributed by atoms with van der Waals surface area (Å²) in [6.45, 7) is 8.30. The Morgan fingerprint density at radius 2 is 1.87 bits per heavy atom. The number of aliphatic imine (C=N–C) groups is 1. The number of nitrogens with zero attached hydrogens (tertiary/aromatic N) is 3. The first kappa shape index (κ1) is 22.4. The van der Waals surface area contributed by atoms with Gasteiger partial charge in [0, 0.05) is 44.8 Å². The minimum absolute atomic E-state index is 0.292. The molecule has 1 fully saturated rings. The van der Waals surface area contributed by atoms with Crippen LogP contribution in [0.4, 0.5) is 10.1 Å². The number of guanidine groups is 1. The number of phenolic OH excluding ortho intramolecular Hbond substituents is 1. The number of carbonyl (C=O) groups excluding carboxylic acids is 1. The number of benzene rings is 2. The van der Waals surface area contributed by atoms with Crippen LogP contribution in [0.1, 0.15) is 22.8 Å². The van der Waals surface area contributed by atoms with Gasteiger partial charge in [-0.15, -0.1) is 0 Å². The van der Waals surface area contributed by atoms with Crippen molar-refractivity contribution in [3.63, 3.8) is 0 Å². The summed E-state index contributed by atoms with van der Waals surface area (Å²) in [5.41, 5.74) is 1.66. The first-order valence-corrected chi connectivity index (χ1v) is 10.6. The van der Waals surface area contributed by atoms with Gasteiger partial charge in [0.15, 0.2) is 5.96 Å². The van der Waals surface area contributed by atoms with Gasteiger partial charge in [-0.05, 0) is 43.7 Å². The number of nitrogens with one attached hydrogen (secondary N) is 2. The van der Waals surface area contributed by atoms with E-state index in [-0.39, 0.29) is 11.7 Å². The van der Waals surface area contributed by atoms with Crippen molar-refractivity contribution in [2.75, 3.05) is 50.7 Å². The predicted molar refractivity (Wildman–Crippen MR) is 121 cm³/mol. The van der Waals surface area contributed by atoms with Crippen LogP contribution in [-0.2, 0) is 0 Å². The van der Waals surface area contributed by atoms with Crippen LogP contribution >= 0.6 is 0 Å². The van der Waals surface area contributed by atoms with E-state index in [9.17, 15) is 14.3 Å². The molecule has 0 atom stereocenters. The highest BCUT2D eigenvalue weighted by atomic mass is 19.1. The van der Waals surface area contributed by atoms with Crippen LogP contribution in [0.15, 0.2) is 47.5 Å². The van der Waals surface area contributed by atoms with Crippen molar-refractivity contribution >= 4 is 17.6 Å². The SMILES string of the molecule is CCNC(=NCCNC(=O)c1ccc(C)c(F)c1)N1CCN(c2ccccc2O)CC1. The lowest BCUT2D eigenvalue weighted by Gasteiger charge is -2.37. The van der Waals surface area contributed by atoms with Gasteiger partial charge in [0.05, 0.1) is 12.2 Å². The number of piperazine rings is 1. The topological polar surface area (TPSA) is 80.2 Å². The third-order valence-electron chi connectivity index (χ3n) is 5.23. The molecule has 3 rings (SSSR count). The van der Waals surface area contributed by atoms with Gasteiger partial charge in [0.25, 0.3) is 5.91 Å².